The molecule has 0 saturated carbocycles. The summed E-state index contributed by atoms with van der Waals surface area (Å²) < 4.78 is 32.9. The van der Waals surface area contributed by atoms with E-state index in [0.29, 0.717) is 26.2 Å². The van der Waals surface area contributed by atoms with Gasteiger partial charge in [0.2, 0.25) is 5.91 Å². The predicted molar refractivity (Wildman–Crippen MR) is 127 cm³/mol. The monoisotopic (exact) mass is 468 g/mol. The Labute approximate surface area is 196 Å². The highest BCUT2D eigenvalue weighted by Crippen LogP contribution is 2.26. The van der Waals surface area contributed by atoms with Gasteiger partial charge in [-0.2, -0.15) is 0 Å². The second-order valence-corrected chi connectivity index (χ2v) is 8.85. The van der Waals surface area contributed by atoms with Crippen LogP contribution >= 0.6 is 11.3 Å². The number of carbonyl (C=O) groups excluding carboxylic acids is 1. The van der Waals surface area contributed by atoms with Crippen LogP contribution in [0, 0.1) is 11.6 Å². The Hall–Kier alpha value is -2.87. The number of ether oxygens (including phenoxy) is 1. The van der Waals surface area contributed by atoms with E-state index in [9.17, 15) is 13.6 Å². The molecule has 1 aliphatic rings. The summed E-state index contributed by atoms with van der Waals surface area (Å²) in [7, 11) is 0. The largest absolute Gasteiger partial charge is 0.367 e. The van der Waals surface area contributed by atoms with E-state index in [-0.39, 0.29) is 17.5 Å². The van der Waals surface area contributed by atoms with Gasteiger partial charge in [0.15, 0.2) is 0 Å². The molecule has 0 N–H and O–H groups in total. The Bertz CT molecular complexity index is 999. The minimum atomic E-state index is -0.406. The lowest BCUT2D eigenvalue weighted by molar-refractivity contribution is -0.127. The number of halogens is 2. The van der Waals surface area contributed by atoms with Gasteiger partial charge in [-0.25, -0.2) is 8.78 Å². The molecule has 0 spiro atoms. The fourth-order valence-corrected chi connectivity index (χ4v) is 4.41. The number of hydrogen-bond acceptors (Lipinski definition) is 4. The molecule has 1 aliphatic heterocycles. The number of rotatable bonds is 8. The van der Waals surface area contributed by atoms with Gasteiger partial charge in [-0.1, -0.05) is 30.3 Å². The van der Waals surface area contributed by atoms with Crippen LogP contribution in [0.5, 0.6) is 0 Å². The van der Waals surface area contributed by atoms with Crippen molar-refractivity contribution in [1.29, 1.82) is 0 Å². The minimum absolute atomic E-state index is 0.0342. The average molecular weight is 469 g/mol. The van der Waals surface area contributed by atoms with E-state index in [1.807, 2.05) is 28.5 Å². The zero-order valence-corrected chi connectivity index (χ0v) is 19.0. The van der Waals surface area contributed by atoms with E-state index in [4.69, 9.17) is 4.74 Å². The Morgan fingerprint density at radius 1 is 0.939 bits per heavy atom. The van der Waals surface area contributed by atoms with E-state index in [1.54, 1.807) is 41.7 Å². The van der Waals surface area contributed by atoms with E-state index in [1.165, 1.54) is 24.3 Å². The summed E-state index contributed by atoms with van der Waals surface area (Å²) in [4.78, 5) is 17.6. The second-order valence-electron chi connectivity index (χ2n) is 7.87. The van der Waals surface area contributed by atoms with Crippen molar-refractivity contribution < 1.29 is 18.3 Å². The number of amides is 1. The van der Waals surface area contributed by atoms with Crippen LogP contribution in [0.1, 0.15) is 22.1 Å². The molecule has 0 aliphatic carbocycles. The lowest BCUT2D eigenvalue weighted by Crippen LogP contribution is -2.49. The maximum Gasteiger partial charge on any atom is 0.246 e. The number of carbonyl (C=O) groups is 1. The first-order chi connectivity index (χ1) is 16.1. The smallest absolute Gasteiger partial charge is 0.246 e. The molecular weight excluding hydrogens is 442 g/mol. The summed E-state index contributed by atoms with van der Waals surface area (Å²) in [6.07, 6.45) is 3.09. The topological polar surface area (TPSA) is 32.8 Å². The van der Waals surface area contributed by atoms with Gasteiger partial charge in [0.05, 0.1) is 6.61 Å². The summed E-state index contributed by atoms with van der Waals surface area (Å²) in [5, 5.41) is 1.99. The van der Waals surface area contributed by atoms with Gasteiger partial charge >= 0.3 is 0 Å². The van der Waals surface area contributed by atoms with Gasteiger partial charge < -0.3 is 9.64 Å². The fraction of sp³-hybridized carbons (Fsp3) is 0.269. The Kier molecular flexibility index (Phi) is 7.99. The summed E-state index contributed by atoms with van der Waals surface area (Å²) in [6.45, 7) is 4.08. The number of nitrogens with zero attached hydrogens (tertiary/aromatic N) is 2. The summed E-state index contributed by atoms with van der Waals surface area (Å²) >= 11 is 1.60. The zero-order valence-electron chi connectivity index (χ0n) is 18.2. The maximum atomic E-state index is 13.4. The molecule has 4 nitrogen and oxygen atoms in total. The number of piperazine rings is 1. The quantitative estimate of drug-likeness (QED) is 0.437. The standard InChI is InChI=1S/C26H26F2N2O2S/c27-22-7-3-20(4-8-22)26(21-5-9-23(28)10-6-21)32-18-17-29-13-15-30(16-14-29)25(31)12-11-24-2-1-19-33-24/h1-12,19,26H,13-18H2/b12-11+. The van der Waals surface area contributed by atoms with Crippen molar-refractivity contribution in [3.05, 3.63) is 99.8 Å². The average Bonchev–Trinajstić information content (AvgIpc) is 3.36. The SMILES string of the molecule is O=C(/C=C/c1cccs1)N1CCN(CCOC(c2ccc(F)cc2)c2ccc(F)cc2)CC1. The highest BCUT2D eigenvalue weighted by atomic mass is 32.1. The van der Waals surface area contributed by atoms with Crippen LogP contribution in [0.3, 0.4) is 0 Å². The van der Waals surface area contributed by atoms with Crippen molar-refractivity contribution in [2.24, 2.45) is 0 Å². The second kappa shape index (κ2) is 11.3. The molecular formula is C26H26F2N2O2S. The van der Waals surface area contributed by atoms with E-state index < -0.39 is 6.10 Å². The third-order valence-electron chi connectivity index (χ3n) is 5.65. The van der Waals surface area contributed by atoms with Crippen molar-refractivity contribution in [2.75, 3.05) is 39.3 Å². The van der Waals surface area contributed by atoms with Gasteiger partial charge in [-0.15, -0.1) is 11.3 Å². The van der Waals surface area contributed by atoms with Crippen molar-refractivity contribution in [2.45, 2.75) is 6.10 Å². The Morgan fingerprint density at radius 3 is 2.09 bits per heavy atom. The summed E-state index contributed by atoms with van der Waals surface area (Å²) in [5.74, 6) is -0.588. The lowest BCUT2D eigenvalue weighted by Gasteiger charge is -2.34. The molecule has 7 heteroatoms. The first-order valence-electron chi connectivity index (χ1n) is 10.9. The zero-order chi connectivity index (χ0) is 23.0. The predicted octanol–water partition coefficient (Wildman–Crippen LogP) is 4.99. The van der Waals surface area contributed by atoms with Crippen LogP contribution in [0.2, 0.25) is 0 Å². The molecule has 4 rings (SSSR count). The minimum Gasteiger partial charge on any atom is -0.367 e. The molecule has 2 heterocycles. The van der Waals surface area contributed by atoms with Gasteiger partial charge in [0, 0.05) is 43.7 Å². The molecule has 1 fully saturated rings. The first-order valence-corrected chi connectivity index (χ1v) is 11.8. The molecule has 1 aromatic heterocycles. The van der Waals surface area contributed by atoms with Crippen molar-refractivity contribution >= 4 is 23.3 Å². The molecule has 0 bridgehead atoms. The Morgan fingerprint density at radius 2 is 1.55 bits per heavy atom. The van der Waals surface area contributed by atoms with Crippen LogP contribution in [-0.4, -0.2) is 55.0 Å². The molecule has 172 valence electrons. The van der Waals surface area contributed by atoms with Gasteiger partial charge in [-0.3, -0.25) is 9.69 Å². The molecule has 0 atom stereocenters. The highest BCUT2D eigenvalue weighted by molar-refractivity contribution is 7.10. The maximum absolute atomic E-state index is 13.4. The highest BCUT2D eigenvalue weighted by Gasteiger charge is 2.21. The van der Waals surface area contributed by atoms with Crippen LogP contribution in [-0.2, 0) is 9.53 Å². The van der Waals surface area contributed by atoms with Crippen molar-refractivity contribution in [3.8, 4) is 0 Å². The van der Waals surface area contributed by atoms with E-state index in [0.717, 1.165) is 29.1 Å². The summed E-state index contributed by atoms with van der Waals surface area (Å²) in [6, 6.07) is 16.3. The van der Waals surface area contributed by atoms with Gasteiger partial charge in [-0.05, 0) is 52.9 Å². The Balaban J connectivity index is 1.28. The van der Waals surface area contributed by atoms with Crippen LogP contribution in [0.25, 0.3) is 6.08 Å². The third-order valence-corrected chi connectivity index (χ3v) is 6.49. The van der Waals surface area contributed by atoms with Crippen molar-refractivity contribution in [3.63, 3.8) is 0 Å². The summed E-state index contributed by atoms with van der Waals surface area (Å²) in [5.41, 5.74) is 1.63. The van der Waals surface area contributed by atoms with E-state index in [2.05, 4.69) is 4.90 Å². The van der Waals surface area contributed by atoms with Crippen molar-refractivity contribution in [1.82, 2.24) is 9.80 Å². The fourth-order valence-electron chi connectivity index (χ4n) is 3.80. The third kappa shape index (κ3) is 6.57. The first kappa shape index (κ1) is 23.3. The van der Waals surface area contributed by atoms with E-state index >= 15 is 0 Å². The molecule has 33 heavy (non-hydrogen) atoms. The van der Waals surface area contributed by atoms with Crippen LogP contribution in [0.15, 0.2) is 72.1 Å². The number of thiophene rings is 1. The van der Waals surface area contributed by atoms with Crippen LogP contribution < -0.4 is 0 Å². The molecule has 1 amide bonds. The number of benzene rings is 2. The van der Waals surface area contributed by atoms with Crippen LogP contribution in [0.4, 0.5) is 8.78 Å². The molecule has 0 radical (unpaired) electrons. The van der Waals surface area contributed by atoms with Gasteiger partial charge in [0.1, 0.15) is 17.7 Å². The molecule has 0 unspecified atom stereocenters. The molecule has 2 aromatic carbocycles. The normalized spacial score (nSPS) is 14.9. The number of hydrogen-bond donors (Lipinski definition) is 0. The molecule has 1 saturated heterocycles. The molecule has 3 aromatic rings. The lowest BCUT2D eigenvalue weighted by atomic mass is 10.0. The van der Waals surface area contributed by atoms with Gasteiger partial charge in [0.25, 0.3) is 0 Å².